The van der Waals surface area contributed by atoms with Crippen LogP contribution in [0.3, 0.4) is 0 Å². The molecule has 1 atom stereocenters. The van der Waals surface area contributed by atoms with Gasteiger partial charge in [0, 0.05) is 5.39 Å². The van der Waals surface area contributed by atoms with Crippen molar-refractivity contribution in [2.24, 2.45) is 5.41 Å². The van der Waals surface area contributed by atoms with Gasteiger partial charge in [0.15, 0.2) is 11.4 Å². The van der Waals surface area contributed by atoms with Gasteiger partial charge < -0.3 is 9.52 Å². The third kappa shape index (κ3) is 2.35. The first kappa shape index (κ1) is 13.6. The summed E-state index contributed by atoms with van der Waals surface area (Å²) in [5.74, 6) is 0.140. The minimum Gasteiger partial charge on any atom is -0.455 e. The smallest absolute Gasteiger partial charge is 0.170 e. The second kappa shape index (κ2) is 4.59. The van der Waals surface area contributed by atoms with Crippen LogP contribution in [0.25, 0.3) is 11.0 Å². The molecule has 1 fully saturated rings. The Hall–Kier alpha value is -1.35. The van der Waals surface area contributed by atoms with Crippen molar-refractivity contribution in [1.29, 1.82) is 0 Å². The van der Waals surface area contributed by atoms with Gasteiger partial charge in [-0.05, 0) is 49.7 Å². The second-order valence-electron chi connectivity index (χ2n) is 6.82. The average molecular weight is 276 g/mol. The fourth-order valence-electron chi connectivity index (χ4n) is 3.16. The second-order valence-corrected chi connectivity index (χ2v) is 6.82. The monoisotopic (exact) mass is 276 g/mol. The molecule has 2 nitrogen and oxygen atoms in total. The number of fused-ring (bicyclic) bond motifs is 1. The minimum atomic E-state index is -0.959. The first-order valence-electron chi connectivity index (χ1n) is 7.31. The van der Waals surface area contributed by atoms with E-state index in [2.05, 4.69) is 13.8 Å². The Labute approximate surface area is 118 Å². The highest BCUT2D eigenvalue weighted by atomic mass is 19.1. The highest BCUT2D eigenvalue weighted by Gasteiger charge is 2.37. The van der Waals surface area contributed by atoms with E-state index in [0.717, 1.165) is 24.6 Å². The fourth-order valence-corrected chi connectivity index (χ4v) is 3.16. The predicted octanol–water partition coefficient (Wildman–Crippen LogP) is 4.75. The predicted molar refractivity (Wildman–Crippen MR) is 76.9 cm³/mol. The maximum Gasteiger partial charge on any atom is 0.170 e. The zero-order valence-electron chi connectivity index (χ0n) is 12.1. The summed E-state index contributed by atoms with van der Waals surface area (Å²) in [5, 5.41) is 11.6. The molecule has 1 aromatic carbocycles. The molecule has 2 aromatic rings. The SMILES string of the molecule is CC1(C)CCCC(O)(c2cc3cccc(F)c3o2)CC1. The minimum absolute atomic E-state index is 0.249. The van der Waals surface area contributed by atoms with E-state index in [1.165, 1.54) is 6.07 Å². The van der Waals surface area contributed by atoms with Crippen molar-refractivity contribution in [3.63, 3.8) is 0 Å². The Morgan fingerprint density at radius 3 is 2.70 bits per heavy atom. The number of halogens is 1. The molecular formula is C17H21FO2. The van der Waals surface area contributed by atoms with Crippen LogP contribution in [0.1, 0.15) is 51.7 Å². The molecule has 1 aliphatic carbocycles. The lowest BCUT2D eigenvalue weighted by Gasteiger charge is -2.25. The van der Waals surface area contributed by atoms with E-state index >= 15 is 0 Å². The van der Waals surface area contributed by atoms with Crippen LogP contribution in [0, 0.1) is 11.2 Å². The van der Waals surface area contributed by atoms with Gasteiger partial charge in [0.05, 0.1) is 0 Å². The molecule has 1 unspecified atom stereocenters. The molecule has 0 radical (unpaired) electrons. The van der Waals surface area contributed by atoms with Gasteiger partial charge in [-0.25, -0.2) is 4.39 Å². The van der Waals surface area contributed by atoms with Crippen molar-refractivity contribution in [1.82, 2.24) is 0 Å². The lowest BCUT2D eigenvalue weighted by molar-refractivity contribution is -0.00134. The first-order valence-corrected chi connectivity index (χ1v) is 7.31. The molecule has 0 amide bonds. The molecule has 1 N–H and O–H groups in total. The topological polar surface area (TPSA) is 33.4 Å². The molecule has 3 heteroatoms. The van der Waals surface area contributed by atoms with Crippen LogP contribution in [0.15, 0.2) is 28.7 Å². The van der Waals surface area contributed by atoms with Crippen LogP contribution in [0.2, 0.25) is 0 Å². The Kier molecular flexibility index (Phi) is 3.13. The lowest BCUT2D eigenvalue weighted by Crippen LogP contribution is -2.24. The highest BCUT2D eigenvalue weighted by molar-refractivity contribution is 5.78. The van der Waals surface area contributed by atoms with Crippen LogP contribution in [-0.4, -0.2) is 5.11 Å². The third-order valence-electron chi connectivity index (χ3n) is 4.61. The van der Waals surface area contributed by atoms with Gasteiger partial charge in [0.1, 0.15) is 11.4 Å². The van der Waals surface area contributed by atoms with Crippen LogP contribution in [0.4, 0.5) is 4.39 Å². The van der Waals surface area contributed by atoms with E-state index in [0.29, 0.717) is 18.6 Å². The van der Waals surface area contributed by atoms with E-state index in [4.69, 9.17) is 4.42 Å². The lowest BCUT2D eigenvalue weighted by atomic mass is 9.84. The summed E-state index contributed by atoms with van der Waals surface area (Å²) in [5.41, 5.74) is -0.458. The van der Waals surface area contributed by atoms with Gasteiger partial charge in [-0.15, -0.1) is 0 Å². The van der Waals surface area contributed by atoms with E-state index in [1.54, 1.807) is 12.1 Å². The molecular weight excluding hydrogens is 255 g/mol. The summed E-state index contributed by atoms with van der Waals surface area (Å²) in [4.78, 5) is 0. The van der Waals surface area contributed by atoms with Crippen LogP contribution < -0.4 is 0 Å². The molecule has 0 spiro atoms. The fraction of sp³-hybridized carbons (Fsp3) is 0.529. The van der Waals surface area contributed by atoms with Gasteiger partial charge in [0.25, 0.3) is 0 Å². The van der Waals surface area contributed by atoms with E-state index in [1.807, 2.05) is 6.07 Å². The molecule has 3 rings (SSSR count). The van der Waals surface area contributed by atoms with E-state index in [-0.39, 0.29) is 16.8 Å². The van der Waals surface area contributed by atoms with Crippen molar-refractivity contribution in [3.05, 3.63) is 35.8 Å². The van der Waals surface area contributed by atoms with Gasteiger partial charge >= 0.3 is 0 Å². The maximum absolute atomic E-state index is 13.7. The molecule has 1 heterocycles. The Morgan fingerprint density at radius 2 is 1.95 bits per heavy atom. The molecule has 108 valence electrons. The Bertz CT molecular complexity index is 629. The zero-order valence-corrected chi connectivity index (χ0v) is 12.1. The standard InChI is InChI=1S/C17H21FO2/c1-16(2)7-4-8-17(19,10-9-16)14-11-12-5-3-6-13(18)15(12)20-14/h3,5-6,11,19H,4,7-10H2,1-2H3. The molecule has 1 aliphatic rings. The Morgan fingerprint density at radius 1 is 1.15 bits per heavy atom. The number of benzene rings is 1. The van der Waals surface area contributed by atoms with Crippen molar-refractivity contribution in [2.45, 2.75) is 51.6 Å². The van der Waals surface area contributed by atoms with Crippen molar-refractivity contribution in [2.75, 3.05) is 0 Å². The quantitative estimate of drug-likeness (QED) is 0.762. The third-order valence-corrected chi connectivity index (χ3v) is 4.61. The van der Waals surface area contributed by atoms with Gasteiger partial charge in [0.2, 0.25) is 0 Å². The summed E-state index contributed by atoms with van der Waals surface area (Å²) >= 11 is 0. The number of hydrogen-bond donors (Lipinski definition) is 1. The van der Waals surface area contributed by atoms with Crippen LogP contribution in [0.5, 0.6) is 0 Å². The highest BCUT2D eigenvalue weighted by Crippen LogP contribution is 2.44. The van der Waals surface area contributed by atoms with Crippen molar-refractivity contribution >= 4 is 11.0 Å². The van der Waals surface area contributed by atoms with Crippen LogP contribution in [-0.2, 0) is 5.60 Å². The number of furan rings is 1. The zero-order chi connectivity index (χ0) is 14.4. The molecule has 1 aromatic heterocycles. The summed E-state index contributed by atoms with van der Waals surface area (Å²) in [6.07, 6.45) is 4.36. The van der Waals surface area contributed by atoms with E-state index < -0.39 is 5.60 Å². The van der Waals surface area contributed by atoms with Gasteiger partial charge in [-0.2, -0.15) is 0 Å². The summed E-state index contributed by atoms with van der Waals surface area (Å²) in [6, 6.07) is 6.65. The van der Waals surface area contributed by atoms with Gasteiger partial charge in [-0.1, -0.05) is 26.0 Å². The molecule has 0 aliphatic heterocycles. The first-order chi connectivity index (χ1) is 9.40. The number of para-hydroxylation sites is 1. The average Bonchev–Trinajstić information content (AvgIpc) is 2.77. The number of aliphatic hydroxyl groups is 1. The van der Waals surface area contributed by atoms with Crippen molar-refractivity contribution in [3.8, 4) is 0 Å². The molecule has 0 bridgehead atoms. The largest absolute Gasteiger partial charge is 0.455 e. The summed E-state index contributed by atoms with van der Waals surface area (Å²) in [7, 11) is 0. The number of rotatable bonds is 1. The summed E-state index contributed by atoms with van der Waals surface area (Å²) in [6.45, 7) is 4.47. The van der Waals surface area contributed by atoms with Crippen LogP contribution >= 0.6 is 0 Å². The number of hydrogen-bond acceptors (Lipinski definition) is 2. The molecule has 0 saturated heterocycles. The molecule has 20 heavy (non-hydrogen) atoms. The normalized spacial score (nSPS) is 26.6. The Balaban J connectivity index is 1.99. The maximum atomic E-state index is 13.7. The van der Waals surface area contributed by atoms with Gasteiger partial charge in [-0.3, -0.25) is 0 Å². The van der Waals surface area contributed by atoms with E-state index in [9.17, 15) is 9.50 Å². The molecule has 1 saturated carbocycles. The van der Waals surface area contributed by atoms with Crippen molar-refractivity contribution < 1.29 is 13.9 Å². The summed E-state index contributed by atoms with van der Waals surface area (Å²) < 4.78 is 19.4.